The topological polar surface area (TPSA) is 59.3 Å². The van der Waals surface area contributed by atoms with Crippen LogP contribution in [0.15, 0.2) is 62.6 Å². The van der Waals surface area contributed by atoms with Gasteiger partial charge in [0.15, 0.2) is 11.2 Å². The lowest BCUT2D eigenvalue weighted by atomic mass is 10.2. The highest BCUT2D eigenvalue weighted by atomic mass is 35.5. The van der Waals surface area contributed by atoms with Gasteiger partial charge in [-0.25, -0.2) is 0 Å². The summed E-state index contributed by atoms with van der Waals surface area (Å²) in [6.07, 6.45) is 0. The molecule has 3 rings (SSSR count). The van der Waals surface area contributed by atoms with Gasteiger partial charge < -0.3 is 9.73 Å². The summed E-state index contributed by atoms with van der Waals surface area (Å²) in [5, 5.41) is 4.22. The van der Waals surface area contributed by atoms with Gasteiger partial charge >= 0.3 is 0 Å². The molecule has 0 atom stereocenters. The van der Waals surface area contributed by atoms with E-state index in [1.807, 2.05) is 24.3 Å². The normalized spacial score (nSPS) is 10.8. The van der Waals surface area contributed by atoms with Crippen LogP contribution in [0.1, 0.15) is 10.6 Å². The second kappa shape index (κ2) is 7.95. The molecule has 25 heavy (non-hydrogen) atoms. The minimum Gasteiger partial charge on any atom is -0.451 e. The lowest BCUT2D eigenvalue weighted by Gasteiger charge is -2.06. The van der Waals surface area contributed by atoms with Crippen molar-refractivity contribution in [2.24, 2.45) is 0 Å². The van der Waals surface area contributed by atoms with E-state index >= 15 is 0 Å². The maximum absolute atomic E-state index is 12.2. The van der Waals surface area contributed by atoms with Gasteiger partial charge in [-0.3, -0.25) is 9.59 Å². The van der Waals surface area contributed by atoms with Gasteiger partial charge in [0.25, 0.3) is 5.91 Å². The van der Waals surface area contributed by atoms with Gasteiger partial charge in [0.05, 0.1) is 5.39 Å². The first-order chi connectivity index (χ1) is 12.0. The molecule has 1 aromatic heterocycles. The number of fused-ring (bicyclic) bond motifs is 1. The number of amides is 1. The van der Waals surface area contributed by atoms with Crippen molar-refractivity contribution in [3.8, 4) is 0 Å². The highest BCUT2D eigenvalue weighted by Gasteiger charge is 2.12. The van der Waals surface area contributed by atoms with E-state index in [4.69, 9.17) is 27.6 Å². The highest BCUT2D eigenvalue weighted by Crippen LogP contribution is 2.20. The molecular formula is C18H13Cl2NO3S. The quantitative estimate of drug-likeness (QED) is 0.507. The molecule has 0 saturated carbocycles. The predicted molar refractivity (Wildman–Crippen MR) is 102 cm³/mol. The number of thioether (sulfide) groups is 1. The van der Waals surface area contributed by atoms with Crippen LogP contribution in [0.4, 0.5) is 0 Å². The number of hydrogen-bond donors (Lipinski definition) is 1. The van der Waals surface area contributed by atoms with Gasteiger partial charge in [-0.15, -0.1) is 11.8 Å². The molecule has 3 aromatic rings. The number of hydrogen-bond acceptors (Lipinski definition) is 4. The third-order valence-electron chi connectivity index (χ3n) is 3.38. The largest absolute Gasteiger partial charge is 0.451 e. The third-order valence-corrected chi connectivity index (χ3v) is 4.88. The van der Waals surface area contributed by atoms with E-state index in [0.717, 1.165) is 4.90 Å². The van der Waals surface area contributed by atoms with Crippen LogP contribution in [0, 0.1) is 0 Å². The Balaban J connectivity index is 1.61. The number of benzene rings is 2. The summed E-state index contributed by atoms with van der Waals surface area (Å²) >= 11 is 13.3. The molecule has 0 bridgehead atoms. The Morgan fingerprint density at radius 3 is 2.52 bits per heavy atom. The Morgan fingerprint density at radius 2 is 1.76 bits per heavy atom. The Labute approximate surface area is 158 Å². The zero-order valence-corrected chi connectivity index (χ0v) is 15.3. The van der Waals surface area contributed by atoms with Gasteiger partial charge in [0.1, 0.15) is 5.58 Å². The van der Waals surface area contributed by atoms with Gasteiger partial charge in [-0.05, 0) is 42.5 Å². The van der Waals surface area contributed by atoms with E-state index in [0.29, 0.717) is 33.3 Å². The van der Waals surface area contributed by atoms with Crippen molar-refractivity contribution >= 4 is 51.8 Å². The molecule has 0 radical (unpaired) electrons. The van der Waals surface area contributed by atoms with Gasteiger partial charge in [-0.2, -0.15) is 0 Å². The van der Waals surface area contributed by atoms with E-state index in [1.54, 1.807) is 23.9 Å². The summed E-state index contributed by atoms with van der Waals surface area (Å²) in [5.41, 5.74) is 0.0297. The predicted octanol–water partition coefficient (Wildman–Crippen LogP) is 4.62. The molecule has 0 fully saturated rings. The Kier molecular flexibility index (Phi) is 5.68. The zero-order valence-electron chi connectivity index (χ0n) is 12.9. The molecule has 7 heteroatoms. The maximum Gasteiger partial charge on any atom is 0.287 e. The second-order valence-corrected chi connectivity index (χ2v) is 7.21. The van der Waals surface area contributed by atoms with Gasteiger partial charge in [0.2, 0.25) is 0 Å². The summed E-state index contributed by atoms with van der Waals surface area (Å²) in [5.74, 6) is 0.239. The first-order valence-corrected chi connectivity index (χ1v) is 9.17. The number of rotatable bonds is 5. The lowest BCUT2D eigenvalue weighted by molar-refractivity contribution is 0.0929. The lowest BCUT2D eigenvalue weighted by Crippen LogP contribution is -2.26. The maximum atomic E-state index is 12.2. The summed E-state index contributed by atoms with van der Waals surface area (Å²) in [4.78, 5) is 25.3. The first kappa shape index (κ1) is 17.9. The fraction of sp³-hybridized carbons (Fsp3) is 0.111. The molecule has 0 spiro atoms. The monoisotopic (exact) mass is 393 g/mol. The van der Waals surface area contributed by atoms with Crippen molar-refractivity contribution in [1.82, 2.24) is 5.32 Å². The van der Waals surface area contributed by atoms with Crippen LogP contribution in [-0.2, 0) is 0 Å². The Morgan fingerprint density at radius 1 is 1.04 bits per heavy atom. The van der Waals surface area contributed by atoms with Crippen LogP contribution in [0.2, 0.25) is 10.0 Å². The van der Waals surface area contributed by atoms with Crippen LogP contribution >= 0.6 is 35.0 Å². The highest BCUT2D eigenvalue weighted by molar-refractivity contribution is 7.99. The van der Waals surface area contributed by atoms with Crippen LogP contribution in [0.5, 0.6) is 0 Å². The SMILES string of the molecule is O=C(NCCSc1ccc(Cl)cc1)c1cc(=O)c2cc(Cl)ccc2o1. The summed E-state index contributed by atoms with van der Waals surface area (Å²) < 4.78 is 5.50. The molecule has 0 aliphatic carbocycles. The smallest absolute Gasteiger partial charge is 0.287 e. The molecule has 1 heterocycles. The van der Waals surface area contributed by atoms with Crippen molar-refractivity contribution in [2.75, 3.05) is 12.3 Å². The second-order valence-electron chi connectivity index (χ2n) is 5.17. The molecule has 1 N–H and O–H groups in total. The first-order valence-electron chi connectivity index (χ1n) is 7.43. The van der Waals surface area contributed by atoms with E-state index < -0.39 is 5.91 Å². The molecule has 0 aliphatic rings. The minimum absolute atomic E-state index is 0.0173. The molecule has 4 nitrogen and oxygen atoms in total. The molecule has 128 valence electrons. The van der Waals surface area contributed by atoms with E-state index in [1.165, 1.54) is 12.1 Å². The van der Waals surface area contributed by atoms with Crippen molar-refractivity contribution in [3.05, 3.63) is 74.6 Å². The number of carbonyl (C=O) groups excluding carboxylic acids is 1. The van der Waals surface area contributed by atoms with Crippen molar-refractivity contribution in [2.45, 2.75) is 4.90 Å². The molecule has 0 unspecified atom stereocenters. The van der Waals surface area contributed by atoms with E-state index in [-0.39, 0.29) is 11.2 Å². The Hall–Kier alpha value is -1.95. The molecule has 0 aliphatic heterocycles. The fourth-order valence-electron chi connectivity index (χ4n) is 2.19. The standard InChI is InChI=1S/C18H13Cl2NO3S/c19-11-1-4-13(5-2-11)25-8-7-21-18(23)17-10-15(22)14-9-12(20)3-6-16(14)24-17/h1-6,9-10H,7-8H2,(H,21,23). The number of nitrogens with one attached hydrogen (secondary N) is 1. The average molecular weight is 394 g/mol. The third kappa shape index (κ3) is 4.57. The fourth-order valence-corrected chi connectivity index (χ4v) is 3.26. The number of halogens is 2. The van der Waals surface area contributed by atoms with Crippen LogP contribution in [-0.4, -0.2) is 18.2 Å². The summed E-state index contributed by atoms with van der Waals surface area (Å²) in [6.45, 7) is 0.439. The summed E-state index contributed by atoms with van der Waals surface area (Å²) in [7, 11) is 0. The molecule has 1 amide bonds. The van der Waals surface area contributed by atoms with E-state index in [9.17, 15) is 9.59 Å². The minimum atomic E-state index is -0.425. The zero-order chi connectivity index (χ0) is 17.8. The van der Waals surface area contributed by atoms with Crippen molar-refractivity contribution in [3.63, 3.8) is 0 Å². The Bertz CT molecular complexity index is 970. The van der Waals surface area contributed by atoms with Gasteiger partial charge in [0, 0.05) is 33.3 Å². The number of carbonyl (C=O) groups is 1. The van der Waals surface area contributed by atoms with Crippen molar-refractivity contribution in [1.29, 1.82) is 0 Å². The van der Waals surface area contributed by atoms with E-state index in [2.05, 4.69) is 5.32 Å². The average Bonchev–Trinajstić information content (AvgIpc) is 2.60. The molecular weight excluding hydrogens is 381 g/mol. The van der Waals surface area contributed by atoms with Gasteiger partial charge in [-0.1, -0.05) is 23.2 Å². The van der Waals surface area contributed by atoms with Crippen LogP contribution in [0.3, 0.4) is 0 Å². The van der Waals surface area contributed by atoms with Crippen LogP contribution < -0.4 is 10.7 Å². The molecule has 2 aromatic carbocycles. The van der Waals surface area contributed by atoms with Crippen LogP contribution in [0.25, 0.3) is 11.0 Å². The summed E-state index contributed by atoms with van der Waals surface area (Å²) in [6, 6.07) is 13.4. The van der Waals surface area contributed by atoms with Crippen molar-refractivity contribution < 1.29 is 9.21 Å². The molecule has 0 saturated heterocycles.